The van der Waals surface area contributed by atoms with Crippen molar-refractivity contribution < 1.29 is 9.59 Å². The van der Waals surface area contributed by atoms with Crippen molar-refractivity contribution in [1.29, 1.82) is 0 Å². The number of piperidine rings is 1. The average molecular weight is 410 g/mol. The van der Waals surface area contributed by atoms with E-state index in [2.05, 4.69) is 22.4 Å². The third-order valence-electron chi connectivity index (χ3n) is 5.68. The van der Waals surface area contributed by atoms with Crippen LogP contribution in [0.5, 0.6) is 0 Å². The molecule has 1 unspecified atom stereocenters. The smallest absolute Gasteiger partial charge is 0.253 e. The summed E-state index contributed by atoms with van der Waals surface area (Å²) in [5, 5.41) is 3.60. The van der Waals surface area contributed by atoms with Crippen LogP contribution in [-0.4, -0.2) is 34.6 Å². The van der Waals surface area contributed by atoms with Gasteiger partial charge in [0.25, 0.3) is 5.91 Å². The fraction of sp³-hybridized carbons (Fsp3) is 0.435. The zero-order chi connectivity index (χ0) is 20.2. The Morgan fingerprint density at radius 1 is 1.17 bits per heavy atom. The second-order valence-corrected chi connectivity index (χ2v) is 9.24. The molecule has 2 heterocycles. The highest BCUT2D eigenvalue weighted by Gasteiger charge is 2.31. The van der Waals surface area contributed by atoms with Crippen LogP contribution in [0.15, 0.2) is 47.6 Å². The van der Waals surface area contributed by atoms with Crippen molar-refractivity contribution in [2.75, 3.05) is 11.4 Å². The van der Waals surface area contributed by atoms with Crippen LogP contribution in [0.1, 0.15) is 54.4 Å². The maximum absolute atomic E-state index is 13.1. The van der Waals surface area contributed by atoms with Crippen LogP contribution in [0.2, 0.25) is 0 Å². The lowest BCUT2D eigenvalue weighted by Gasteiger charge is -2.32. The van der Waals surface area contributed by atoms with Crippen molar-refractivity contribution in [3.8, 4) is 0 Å². The van der Waals surface area contributed by atoms with Gasteiger partial charge in [0.05, 0.1) is 17.4 Å². The normalized spacial score (nSPS) is 20.1. The summed E-state index contributed by atoms with van der Waals surface area (Å²) in [6.45, 7) is 2.65. The van der Waals surface area contributed by atoms with Crippen LogP contribution in [0.3, 0.4) is 0 Å². The van der Waals surface area contributed by atoms with E-state index in [1.807, 2.05) is 36.9 Å². The molecule has 1 saturated heterocycles. The van der Waals surface area contributed by atoms with E-state index in [0.29, 0.717) is 23.8 Å². The lowest BCUT2D eigenvalue weighted by molar-refractivity contribution is -0.121. The molecule has 1 aromatic heterocycles. The number of carbonyl (C=O) groups is 2. The maximum Gasteiger partial charge on any atom is 0.253 e. The lowest BCUT2D eigenvalue weighted by Crippen LogP contribution is -2.52. The number of rotatable bonds is 5. The Labute approximate surface area is 176 Å². The van der Waals surface area contributed by atoms with Crippen molar-refractivity contribution in [1.82, 2.24) is 10.3 Å². The first kappa shape index (κ1) is 20.0. The molecule has 0 radical (unpaired) electrons. The minimum absolute atomic E-state index is 0.0600. The van der Waals surface area contributed by atoms with Gasteiger partial charge in [0.1, 0.15) is 6.04 Å². The van der Waals surface area contributed by atoms with E-state index >= 15 is 0 Å². The summed E-state index contributed by atoms with van der Waals surface area (Å²) in [7, 11) is 0. The van der Waals surface area contributed by atoms with Gasteiger partial charge in [-0.15, -0.1) is 11.8 Å². The largest absolute Gasteiger partial charge is 0.340 e. The van der Waals surface area contributed by atoms with Crippen molar-refractivity contribution >= 4 is 29.3 Å². The number of hydrogen-bond donors (Lipinski definition) is 1. The van der Waals surface area contributed by atoms with Gasteiger partial charge in [0.2, 0.25) is 5.91 Å². The topological polar surface area (TPSA) is 62.3 Å². The Kier molecular flexibility index (Phi) is 6.19. The van der Waals surface area contributed by atoms with Crippen LogP contribution in [0.4, 0.5) is 5.69 Å². The summed E-state index contributed by atoms with van der Waals surface area (Å²) >= 11 is 1.81. The number of benzene rings is 1. The van der Waals surface area contributed by atoms with Crippen molar-refractivity contribution in [2.45, 2.75) is 61.6 Å². The molecule has 0 bridgehead atoms. The quantitative estimate of drug-likeness (QED) is 0.797. The van der Waals surface area contributed by atoms with E-state index < -0.39 is 6.04 Å². The summed E-state index contributed by atoms with van der Waals surface area (Å²) in [5.41, 5.74) is 2.52. The molecule has 1 aliphatic carbocycles. The molecule has 6 heteroatoms. The predicted octanol–water partition coefficient (Wildman–Crippen LogP) is 4.35. The number of anilines is 1. The van der Waals surface area contributed by atoms with E-state index in [0.717, 1.165) is 22.6 Å². The molecule has 29 heavy (non-hydrogen) atoms. The van der Waals surface area contributed by atoms with Gasteiger partial charge in [-0.05, 0) is 56.9 Å². The number of pyridine rings is 1. The third kappa shape index (κ3) is 4.64. The van der Waals surface area contributed by atoms with Crippen LogP contribution in [-0.2, 0) is 4.79 Å². The highest BCUT2D eigenvalue weighted by molar-refractivity contribution is 8.00. The summed E-state index contributed by atoms with van der Waals surface area (Å²) in [4.78, 5) is 33.0. The molecule has 2 aromatic rings. The Balaban J connectivity index is 1.50. The van der Waals surface area contributed by atoms with Crippen LogP contribution >= 0.6 is 11.8 Å². The SMILES string of the molecule is Cc1ccc(SC2CCCC2)c(C(=O)NC2CCCN(c3cccnc3)C2=O)c1. The number of thioether (sulfide) groups is 1. The van der Waals surface area contributed by atoms with E-state index in [9.17, 15) is 9.59 Å². The Morgan fingerprint density at radius 2 is 2.00 bits per heavy atom. The van der Waals surface area contributed by atoms with Gasteiger partial charge in [0.15, 0.2) is 0 Å². The molecule has 2 amide bonds. The molecule has 2 fully saturated rings. The fourth-order valence-electron chi connectivity index (χ4n) is 4.12. The zero-order valence-corrected chi connectivity index (χ0v) is 17.6. The molecule has 4 rings (SSSR count). The highest BCUT2D eigenvalue weighted by atomic mass is 32.2. The minimum atomic E-state index is -0.499. The van der Waals surface area contributed by atoms with E-state index in [4.69, 9.17) is 0 Å². The number of amides is 2. The molecular weight excluding hydrogens is 382 g/mol. The third-order valence-corrected chi connectivity index (χ3v) is 7.09. The Bertz CT molecular complexity index is 881. The number of aromatic nitrogens is 1. The lowest BCUT2D eigenvalue weighted by atomic mass is 10.0. The first-order valence-electron chi connectivity index (χ1n) is 10.4. The minimum Gasteiger partial charge on any atom is -0.340 e. The number of carbonyl (C=O) groups excluding carboxylic acids is 2. The number of nitrogens with one attached hydrogen (secondary N) is 1. The van der Waals surface area contributed by atoms with Crippen LogP contribution < -0.4 is 10.2 Å². The first-order chi connectivity index (χ1) is 14.1. The highest BCUT2D eigenvalue weighted by Crippen LogP contribution is 2.36. The van der Waals surface area contributed by atoms with Gasteiger partial charge in [-0.2, -0.15) is 0 Å². The molecule has 1 atom stereocenters. The Morgan fingerprint density at radius 3 is 2.76 bits per heavy atom. The molecule has 2 aliphatic rings. The standard InChI is InChI=1S/C23H27N3O2S/c1-16-10-11-21(29-18-7-2-3-8-18)19(14-16)22(27)25-20-9-5-13-26(23(20)28)17-6-4-12-24-15-17/h4,6,10-12,14-15,18,20H,2-3,5,7-9,13H2,1H3,(H,25,27). The molecule has 5 nitrogen and oxygen atoms in total. The van der Waals surface area contributed by atoms with Gasteiger partial charge >= 0.3 is 0 Å². The average Bonchev–Trinajstić information content (AvgIpc) is 3.24. The molecule has 1 aliphatic heterocycles. The number of hydrogen-bond acceptors (Lipinski definition) is 4. The number of aryl methyl sites for hydroxylation is 1. The molecule has 1 aromatic carbocycles. The maximum atomic E-state index is 13.1. The van der Waals surface area contributed by atoms with Crippen LogP contribution in [0, 0.1) is 6.92 Å². The predicted molar refractivity (Wildman–Crippen MR) is 116 cm³/mol. The zero-order valence-electron chi connectivity index (χ0n) is 16.8. The van der Waals surface area contributed by atoms with Crippen molar-refractivity contribution in [2.24, 2.45) is 0 Å². The second-order valence-electron chi connectivity index (χ2n) is 7.89. The Hall–Kier alpha value is -2.34. The van der Waals surface area contributed by atoms with E-state index in [1.54, 1.807) is 17.3 Å². The second kappa shape index (κ2) is 8.99. The summed E-state index contributed by atoms with van der Waals surface area (Å²) in [5.74, 6) is -0.212. The molecule has 152 valence electrons. The molecule has 1 N–H and O–H groups in total. The van der Waals surface area contributed by atoms with Crippen molar-refractivity contribution in [3.63, 3.8) is 0 Å². The fourth-order valence-corrected chi connectivity index (χ4v) is 5.48. The first-order valence-corrected chi connectivity index (χ1v) is 11.3. The van der Waals surface area contributed by atoms with Gasteiger partial charge in [-0.25, -0.2) is 0 Å². The van der Waals surface area contributed by atoms with Gasteiger partial charge in [-0.3, -0.25) is 14.6 Å². The summed E-state index contributed by atoms with van der Waals surface area (Å²) in [6, 6.07) is 9.26. The van der Waals surface area contributed by atoms with E-state index in [-0.39, 0.29) is 11.8 Å². The van der Waals surface area contributed by atoms with Gasteiger partial charge in [-0.1, -0.05) is 24.5 Å². The van der Waals surface area contributed by atoms with Crippen molar-refractivity contribution in [3.05, 3.63) is 53.9 Å². The summed E-state index contributed by atoms with van der Waals surface area (Å²) in [6.07, 6.45) is 9.86. The molecular formula is C23H27N3O2S. The molecule has 1 saturated carbocycles. The van der Waals surface area contributed by atoms with Gasteiger partial charge < -0.3 is 10.2 Å². The van der Waals surface area contributed by atoms with Crippen LogP contribution in [0.25, 0.3) is 0 Å². The molecule has 0 spiro atoms. The summed E-state index contributed by atoms with van der Waals surface area (Å²) < 4.78 is 0. The van der Waals surface area contributed by atoms with E-state index in [1.165, 1.54) is 25.7 Å². The van der Waals surface area contributed by atoms with Gasteiger partial charge in [0, 0.05) is 22.9 Å². The monoisotopic (exact) mass is 409 g/mol. The number of nitrogens with zero attached hydrogens (tertiary/aromatic N) is 2.